The smallest absolute Gasteiger partial charge is 0.0715 e. The van der Waals surface area contributed by atoms with E-state index in [9.17, 15) is 0 Å². The van der Waals surface area contributed by atoms with Crippen LogP contribution < -0.4 is 0 Å². The van der Waals surface area contributed by atoms with E-state index < -0.39 is 0 Å². The summed E-state index contributed by atoms with van der Waals surface area (Å²) in [5.41, 5.74) is 8.29. The molecule has 2 heterocycles. The van der Waals surface area contributed by atoms with E-state index in [1.165, 1.54) is 44.1 Å². The second kappa shape index (κ2) is 5.18. The lowest BCUT2D eigenvalue weighted by molar-refractivity contribution is 1.30. The Kier molecular flexibility index (Phi) is 2.95. The average Bonchev–Trinajstić information content (AvgIpc) is 2.94. The lowest BCUT2D eigenvalue weighted by Crippen LogP contribution is -1.90. The van der Waals surface area contributed by atoms with Crippen molar-refractivity contribution in [3.63, 3.8) is 0 Å². The van der Waals surface area contributed by atoms with Gasteiger partial charge in [0.25, 0.3) is 0 Å². The number of aromatic nitrogens is 2. The Morgan fingerprint density at radius 1 is 0.680 bits per heavy atom. The average molecular weight is 322 g/mol. The van der Waals surface area contributed by atoms with Crippen LogP contribution in [0.1, 0.15) is 11.3 Å². The van der Waals surface area contributed by atoms with Gasteiger partial charge in [0.15, 0.2) is 0 Å². The normalized spacial score (nSPS) is 11.6. The number of H-pyrrole nitrogens is 1. The molecule has 5 aromatic rings. The van der Waals surface area contributed by atoms with Gasteiger partial charge in [0.1, 0.15) is 0 Å². The molecule has 2 aromatic heterocycles. The number of nitrogens with one attached hydrogen (secondary N) is 1. The van der Waals surface area contributed by atoms with Gasteiger partial charge in [-0.1, -0.05) is 48.0 Å². The number of hydrogen-bond donors (Lipinski definition) is 1. The zero-order chi connectivity index (χ0) is 17.0. The van der Waals surface area contributed by atoms with E-state index in [2.05, 4.69) is 85.6 Å². The van der Waals surface area contributed by atoms with E-state index in [-0.39, 0.29) is 0 Å². The van der Waals surface area contributed by atoms with Crippen molar-refractivity contribution in [1.29, 1.82) is 0 Å². The first kappa shape index (κ1) is 14.2. The fourth-order valence-corrected chi connectivity index (χ4v) is 3.87. The van der Waals surface area contributed by atoms with Gasteiger partial charge in [-0.2, -0.15) is 0 Å². The molecule has 25 heavy (non-hydrogen) atoms. The summed E-state index contributed by atoms with van der Waals surface area (Å²) >= 11 is 0. The summed E-state index contributed by atoms with van der Waals surface area (Å²) < 4.78 is 0. The first-order valence-electron chi connectivity index (χ1n) is 8.59. The number of pyridine rings is 1. The highest BCUT2D eigenvalue weighted by Gasteiger charge is 2.17. The molecule has 2 nitrogen and oxygen atoms in total. The van der Waals surface area contributed by atoms with E-state index >= 15 is 0 Å². The highest BCUT2D eigenvalue weighted by atomic mass is 14.7. The third-order valence-corrected chi connectivity index (χ3v) is 4.98. The quantitative estimate of drug-likeness (QED) is 0.368. The summed E-state index contributed by atoms with van der Waals surface area (Å²) in [7, 11) is 0. The van der Waals surface area contributed by atoms with E-state index in [0.717, 1.165) is 11.0 Å². The number of aryl methyl sites for hydroxylation is 2. The lowest BCUT2D eigenvalue weighted by Gasteiger charge is -2.12. The lowest BCUT2D eigenvalue weighted by atomic mass is 9.94. The molecule has 3 aromatic carbocycles. The summed E-state index contributed by atoms with van der Waals surface area (Å²) in [6.45, 7) is 4.31. The molecule has 2 heteroatoms. The molecule has 0 saturated carbocycles. The topological polar surface area (TPSA) is 28.7 Å². The molecule has 0 amide bonds. The van der Waals surface area contributed by atoms with Gasteiger partial charge in [-0.15, -0.1) is 0 Å². The second-order valence-electron chi connectivity index (χ2n) is 6.70. The molecule has 120 valence electrons. The van der Waals surface area contributed by atoms with Crippen molar-refractivity contribution >= 4 is 32.7 Å². The van der Waals surface area contributed by atoms with E-state index in [0.29, 0.717) is 0 Å². The van der Waals surface area contributed by atoms with Gasteiger partial charge >= 0.3 is 0 Å². The van der Waals surface area contributed by atoms with Crippen LogP contribution >= 0.6 is 0 Å². The van der Waals surface area contributed by atoms with Crippen LogP contribution in [0.25, 0.3) is 43.8 Å². The number of benzene rings is 3. The van der Waals surface area contributed by atoms with Crippen molar-refractivity contribution < 1.29 is 0 Å². The summed E-state index contributed by atoms with van der Waals surface area (Å²) in [6, 6.07) is 23.5. The van der Waals surface area contributed by atoms with Crippen molar-refractivity contribution in [3.05, 3.63) is 78.0 Å². The molecule has 0 atom stereocenters. The fourth-order valence-electron chi connectivity index (χ4n) is 3.87. The van der Waals surface area contributed by atoms with Crippen molar-refractivity contribution in [2.24, 2.45) is 0 Å². The Bertz CT molecular complexity index is 1210. The minimum absolute atomic E-state index is 1.04. The molecule has 0 radical (unpaired) electrons. The van der Waals surface area contributed by atoms with Crippen molar-refractivity contribution in [3.8, 4) is 11.1 Å². The first-order chi connectivity index (χ1) is 12.2. The molecule has 0 bridgehead atoms. The Morgan fingerprint density at radius 3 is 2.00 bits per heavy atom. The number of nitrogens with zero attached hydrogens (tertiary/aromatic N) is 1. The molecule has 1 N–H and O–H groups in total. The molecule has 0 spiro atoms. The van der Waals surface area contributed by atoms with Crippen LogP contribution in [-0.2, 0) is 0 Å². The zero-order valence-electron chi connectivity index (χ0n) is 14.3. The zero-order valence-corrected chi connectivity index (χ0v) is 14.3. The largest absolute Gasteiger partial charge is 0.358 e. The minimum atomic E-state index is 1.04. The third kappa shape index (κ3) is 2.07. The summed E-state index contributed by atoms with van der Waals surface area (Å²) in [4.78, 5) is 8.43. The SMILES string of the molecule is Cc1ccc2[nH]c(C)c(-c3c4ccccc4nc4ccccc34)c2c1. The van der Waals surface area contributed by atoms with Gasteiger partial charge in [-0.25, -0.2) is 4.98 Å². The molecule has 0 aliphatic carbocycles. The molecule has 0 aliphatic rings. The highest BCUT2D eigenvalue weighted by molar-refractivity contribution is 6.15. The van der Waals surface area contributed by atoms with Crippen LogP contribution in [0, 0.1) is 13.8 Å². The van der Waals surface area contributed by atoms with Gasteiger partial charge in [0.2, 0.25) is 0 Å². The van der Waals surface area contributed by atoms with Crippen LogP contribution in [0.4, 0.5) is 0 Å². The highest BCUT2D eigenvalue weighted by Crippen LogP contribution is 2.40. The Balaban J connectivity index is 2.04. The van der Waals surface area contributed by atoms with E-state index in [1.807, 2.05) is 0 Å². The van der Waals surface area contributed by atoms with Gasteiger partial charge < -0.3 is 4.98 Å². The van der Waals surface area contributed by atoms with Crippen LogP contribution in [0.5, 0.6) is 0 Å². The minimum Gasteiger partial charge on any atom is -0.358 e. The predicted molar refractivity (Wildman–Crippen MR) is 106 cm³/mol. The first-order valence-corrected chi connectivity index (χ1v) is 8.59. The molecule has 0 fully saturated rings. The monoisotopic (exact) mass is 322 g/mol. The summed E-state index contributed by atoms with van der Waals surface area (Å²) in [5, 5.41) is 3.68. The number of rotatable bonds is 1. The van der Waals surface area contributed by atoms with Crippen LogP contribution in [0.2, 0.25) is 0 Å². The maximum atomic E-state index is 4.87. The fraction of sp³-hybridized carbons (Fsp3) is 0.0870. The molecule has 0 aliphatic heterocycles. The Hall–Kier alpha value is -3.13. The number of hydrogen-bond acceptors (Lipinski definition) is 1. The van der Waals surface area contributed by atoms with Crippen molar-refractivity contribution in [2.45, 2.75) is 13.8 Å². The second-order valence-corrected chi connectivity index (χ2v) is 6.70. The Morgan fingerprint density at radius 2 is 1.32 bits per heavy atom. The van der Waals surface area contributed by atoms with Crippen LogP contribution in [0.15, 0.2) is 66.7 Å². The summed E-state index contributed by atoms with van der Waals surface area (Å²) in [5.74, 6) is 0. The van der Waals surface area contributed by atoms with Crippen LogP contribution in [0.3, 0.4) is 0 Å². The third-order valence-electron chi connectivity index (χ3n) is 4.98. The van der Waals surface area contributed by atoms with Crippen LogP contribution in [-0.4, -0.2) is 9.97 Å². The molecular weight excluding hydrogens is 304 g/mol. The number of para-hydroxylation sites is 2. The molecule has 0 saturated heterocycles. The molecule has 0 unspecified atom stereocenters. The molecular formula is C23H18N2. The van der Waals surface area contributed by atoms with Crippen molar-refractivity contribution in [1.82, 2.24) is 9.97 Å². The number of fused-ring (bicyclic) bond motifs is 3. The van der Waals surface area contributed by atoms with Gasteiger partial charge in [0.05, 0.1) is 11.0 Å². The molecule has 5 rings (SSSR count). The Labute approximate surface area is 146 Å². The van der Waals surface area contributed by atoms with E-state index in [4.69, 9.17) is 4.98 Å². The standard InChI is InChI=1S/C23H18N2/c1-14-11-12-21-18(13-14)22(15(2)24-21)23-16-7-3-5-9-19(16)25-20-10-6-4-8-17(20)23/h3-13,24H,1-2H3. The van der Waals surface area contributed by atoms with E-state index in [1.54, 1.807) is 0 Å². The van der Waals surface area contributed by atoms with Gasteiger partial charge in [0, 0.05) is 38.5 Å². The maximum absolute atomic E-state index is 4.87. The number of aromatic amines is 1. The van der Waals surface area contributed by atoms with Gasteiger partial charge in [-0.05, 0) is 38.1 Å². The van der Waals surface area contributed by atoms with Crippen molar-refractivity contribution in [2.75, 3.05) is 0 Å². The maximum Gasteiger partial charge on any atom is 0.0715 e. The predicted octanol–water partition coefficient (Wildman–Crippen LogP) is 6.15. The van der Waals surface area contributed by atoms with Gasteiger partial charge in [-0.3, -0.25) is 0 Å². The summed E-state index contributed by atoms with van der Waals surface area (Å²) in [6.07, 6.45) is 0.